The van der Waals surface area contributed by atoms with Gasteiger partial charge in [-0.25, -0.2) is 0 Å². The first-order valence-electron chi connectivity index (χ1n) is 5.67. The van der Waals surface area contributed by atoms with Crippen LogP contribution in [0.25, 0.3) is 5.57 Å². The topological polar surface area (TPSA) is 26.3 Å². The predicted octanol–water partition coefficient (Wildman–Crippen LogP) is 5.26. The van der Waals surface area contributed by atoms with E-state index in [-0.39, 0.29) is 0 Å². The van der Waals surface area contributed by atoms with Gasteiger partial charge in [-0.3, -0.25) is 0 Å². The molecule has 17 heavy (non-hydrogen) atoms. The molecule has 0 spiro atoms. The molecule has 0 heterocycles. The molecule has 1 aromatic carbocycles. The van der Waals surface area contributed by atoms with E-state index in [2.05, 4.69) is 6.92 Å². The van der Waals surface area contributed by atoms with E-state index in [4.69, 9.17) is 16.1 Å². The number of hydrogen-bond donors (Lipinski definition) is 0. The van der Waals surface area contributed by atoms with Crippen molar-refractivity contribution in [3.63, 3.8) is 0 Å². The monoisotopic (exact) mass is 271 g/mol. The van der Waals surface area contributed by atoms with E-state index in [1.807, 2.05) is 31.2 Å². The van der Waals surface area contributed by atoms with Gasteiger partial charge in [0.2, 0.25) is 0 Å². The number of rotatable bonds is 6. The summed E-state index contributed by atoms with van der Waals surface area (Å²) in [4.78, 5) is 0. The molecule has 4 heteroatoms. The molecular weight excluding hydrogens is 255 g/mol. The fourth-order valence-electron chi connectivity index (χ4n) is 1.28. The molecule has 0 saturated carbocycles. The molecule has 0 aromatic heterocycles. The quantitative estimate of drug-likeness (QED) is 0.521. The van der Waals surface area contributed by atoms with Crippen molar-refractivity contribution in [2.24, 2.45) is 0 Å². The fourth-order valence-corrected chi connectivity index (χ4v) is 2.26. The molecule has 0 saturated heterocycles. The Morgan fingerprint density at radius 3 is 2.65 bits per heavy atom. The van der Waals surface area contributed by atoms with Gasteiger partial charge in [0.05, 0.1) is 0 Å². The second-order valence-electron chi connectivity index (χ2n) is 3.79. The molecule has 0 aliphatic rings. The third kappa shape index (κ3) is 5.45. The summed E-state index contributed by atoms with van der Waals surface area (Å²) in [7, 11) is -1.71. The fraction of sp³-hybridized carbons (Fsp3) is 0.385. The zero-order chi connectivity index (χ0) is 12.7. The highest BCUT2D eigenvalue weighted by atomic mass is 35.5. The molecular formula is C13H17ClO2P+. The largest absolute Gasteiger partial charge is 0.541 e. The van der Waals surface area contributed by atoms with Gasteiger partial charge in [-0.1, -0.05) is 37.1 Å². The molecule has 0 bridgehead atoms. The molecule has 1 atom stereocenters. The number of hydrogen-bond acceptors (Lipinski definition) is 2. The van der Waals surface area contributed by atoms with Gasteiger partial charge in [-0.15, -0.1) is 4.52 Å². The zero-order valence-electron chi connectivity index (χ0n) is 10.1. The Morgan fingerprint density at radius 2 is 2.06 bits per heavy atom. The van der Waals surface area contributed by atoms with Crippen LogP contribution in [0, 0.1) is 0 Å². The minimum atomic E-state index is -1.71. The van der Waals surface area contributed by atoms with Crippen LogP contribution in [0.5, 0.6) is 0 Å². The summed E-state index contributed by atoms with van der Waals surface area (Å²) < 4.78 is 16.8. The normalized spacial score (nSPS) is 12.6. The van der Waals surface area contributed by atoms with Crippen LogP contribution >= 0.6 is 19.6 Å². The van der Waals surface area contributed by atoms with Gasteiger partial charge in [0.15, 0.2) is 5.82 Å². The van der Waals surface area contributed by atoms with Crippen LogP contribution in [0.15, 0.2) is 30.1 Å². The first kappa shape index (κ1) is 14.4. The van der Waals surface area contributed by atoms with Crippen molar-refractivity contribution in [1.29, 1.82) is 0 Å². The van der Waals surface area contributed by atoms with Gasteiger partial charge < -0.3 is 0 Å². The molecule has 0 amide bonds. The zero-order valence-corrected chi connectivity index (χ0v) is 11.8. The molecule has 1 unspecified atom stereocenters. The molecule has 0 fully saturated rings. The van der Waals surface area contributed by atoms with E-state index in [1.54, 1.807) is 5.82 Å². The Bertz CT molecular complexity index is 398. The average molecular weight is 272 g/mol. The van der Waals surface area contributed by atoms with Crippen LogP contribution in [0.4, 0.5) is 0 Å². The van der Waals surface area contributed by atoms with Gasteiger partial charge in [0, 0.05) is 10.6 Å². The molecule has 1 rings (SSSR count). The first-order valence-corrected chi connectivity index (χ1v) is 7.29. The van der Waals surface area contributed by atoms with Crippen molar-refractivity contribution in [2.45, 2.75) is 26.7 Å². The Balaban J connectivity index is 2.59. The summed E-state index contributed by atoms with van der Waals surface area (Å²) >= 11 is 5.80. The summed E-state index contributed by atoms with van der Waals surface area (Å²) in [5.41, 5.74) is 1.95. The highest BCUT2D eigenvalue weighted by Gasteiger charge is 2.14. The summed E-state index contributed by atoms with van der Waals surface area (Å²) in [5, 5.41) is 0.699. The van der Waals surface area contributed by atoms with Gasteiger partial charge >= 0.3 is 8.03 Å². The molecule has 0 N–H and O–H groups in total. The van der Waals surface area contributed by atoms with Gasteiger partial charge in [0.25, 0.3) is 0 Å². The van der Waals surface area contributed by atoms with Crippen LogP contribution in [-0.2, 0) is 9.09 Å². The lowest BCUT2D eigenvalue weighted by molar-refractivity contribution is 0.326. The van der Waals surface area contributed by atoms with E-state index < -0.39 is 8.03 Å². The van der Waals surface area contributed by atoms with Crippen molar-refractivity contribution >= 4 is 25.2 Å². The van der Waals surface area contributed by atoms with Gasteiger partial charge in [-0.2, -0.15) is 0 Å². The lowest BCUT2D eigenvalue weighted by Crippen LogP contribution is -1.84. The second kappa shape index (κ2) is 7.60. The van der Waals surface area contributed by atoms with E-state index >= 15 is 0 Å². The third-order valence-corrected chi connectivity index (χ3v) is 3.60. The van der Waals surface area contributed by atoms with E-state index in [0.29, 0.717) is 11.6 Å². The van der Waals surface area contributed by atoms with E-state index in [0.717, 1.165) is 24.0 Å². The average Bonchev–Trinajstić information content (AvgIpc) is 2.30. The molecule has 1 aromatic rings. The maximum Gasteiger partial charge on any atom is 0.541 e. The van der Waals surface area contributed by atoms with Crippen LogP contribution in [0.1, 0.15) is 32.3 Å². The van der Waals surface area contributed by atoms with E-state index in [9.17, 15) is 4.57 Å². The number of unbranched alkanes of at least 4 members (excludes halogenated alkanes) is 1. The predicted molar refractivity (Wildman–Crippen MR) is 73.6 cm³/mol. The van der Waals surface area contributed by atoms with Gasteiger partial charge in [0.1, 0.15) is 6.61 Å². The van der Waals surface area contributed by atoms with Gasteiger partial charge in [-0.05, 0) is 35.6 Å². The van der Waals surface area contributed by atoms with Crippen LogP contribution < -0.4 is 0 Å². The summed E-state index contributed by atoms with van der Waals surface area (Å²) in [6.45, 7) is 4.54. The SMILES string of the molecule is CCCCO[P+](=O)C=C(C)c1ccc(Cl)cc1. The van der Waals surface area contributed by atoms with Crippen LogP contribution in [0.2, 0.25) is 5.02 Å². The lowest BCUT2D eigenvalue weighted by atomic mass is 10.1. The molecule has 92 valence electrons. The number of benzene rings is 1. The van der Waals surface area contributed by atoms with Crippen molar-refractivity contribution in [3.8, 4) is 0 Å². The highest BCUT2D eigenvalue weighted by Crippen LogP contribution is 2.30. The van der Waals surface area contributed by atoms with Crippen molar-refractivity contribution in [3.05, 3.63) is 40.7 Å². The molecule has 0 aliphatic carbocycles. The second-order valence-corrected chi connectivity index (χ2v) is 5.31. The highest BCUT2D eigenvalue weighted by molar-refractivity contribution is 7.43. The Hall–Kier alpha value is -0.690. The molecule has 0 radical (unpaired) electrons. The smallest absolute Gasteiger partial charge is 0.142 e. The minimum absolute atomic E-state index is 0.552. The molecule has 0 aliphatic heterocycles. The van der Waals surface area contributed by atoms with Crippen LogP contribution in [0.3, 0.4) is 0 Å². The summed E-state index contributed by atoms with van der Waals surface area (Å²) in [6.07, 6.45) is 1.98. The standard InChI is InChI=1S/C13H17ClO2P/c1-3-4-9-16-17(15)10-11(2)12-5-7-13(14)8-6-12/h5-8,10H,3-4,9H2,1-2H3/q+1. The Morgan fingerprint density at radius 1 is 1.41 bits per heavy atom. The third-order valence-electron chi connectivity index (χ3n) is 2.32. The maximum atomic E-state index is 11.6. The Kier molecular flexibility index (Phi) is 6.43. The lowest BCUT2D eigenvalue weighted by Gasteiger charge is -1.97. The summed E-state index contributed by atoms with van der Waals surface area (Å²) in [6, 6.07) is 7.45. The maximum absolute atomic E-state index is 11.6. The first-order chi connectivity index (χ1) is 8.13. The van der Waals surface area contributed by atoms with Crippen molar-refractivity contribution < 1.29 is 9.09 Å². The van der Waals surface area contributed by atoms with E-state index in [1.165, 1.54) is 0 Å². The van der Waals surface area contributed by atoms with Crippen LogP contribution in [-0.4, -0.2) is 6.61 Å². The molecule has 2 nitrogen and oxygen atoms in total. The Labute approximate surface area is 109 Å². The minimum Gasteiger partial charge on any atom is -0.142 e. The van der Waals surface area contributed by atoms with Crippen molar-refractivity contribution in [2.75, 3.05) is 6.61 Å². The summed E-state index contributed by atoms with van der Waals surface area (Å²) in [5.74, 6) is 1.66. The number of allylic oxidation sites excluding steroid dienone is 1. The van der Waals surface area contributed by atoms with Crippen molar-refractivity contribution in [1.82, 2.24) is 0 Å². The number of halogens is 1.